The van der Waals surface area contributed by atoms with E-state index in [4.69, 9.17) is 56.8 Å². The monoisotopic (exact) mass is 1420 g/mol. The molecule has 0 unspecified atom stereocenters. The number of ether oxygens (including phenoxy) is 12. The summed E-state index contributed by atoms with van der Waals surface area (Å²) in [5.74, 6) is -2.86. The van der Waals surface area contributed by atoms with Crippen molar-refractivity contribution in [3.63, 3.8) is 0 Å². The number of aliphatic hydroxyl groups is 18. The summed E-state index contributed by atoms with van der Waals surface area (Å²) in [4.78, 5) is 38.1. The Morgan fingerprint density at radius 3 is 1.32 bits per heavy atom. The average molecular weight is 1420 g/mol. The first-order valence-corrected chi connectivity index (χ1v) is 31.4. The van der Waals surface area contributed by atoms with Gasteiger partial charge in [0.15, 0.2) is 37.7 Å². The van der Waals surface area contributed by atoms with Crippen LogP contribution >= 0.6 is 0 Å². The quantitative estimate of drug-likeness (QED) is 0.0309. The summed E-state index contributed by atoms with van der Waals surface area (Å²) < 4.78 is 144. The Kier molecular flexibility index (Phi) is 29.2. The molecule has 94 heavy (non-hydrogen) atoms. The van der Waals surface area contributed by atoms with Gasteiger partial charge in [0, 0.05) is 20.8 Å². The van der Waals surface area contributed by atoms with Crippen molar-refractivity contribution in [2.75, 3.05) is 46.2 Å². The van der Waals surface area contributed by atoms with Crippen molar-refractivity contribution in [1.29, 1.82) is 0 Å². The Hall–Kier alpha value is -3.05. The van der Waals surface area contributed by atoms with Crippen LogP contribution in [0.1, 0.15) is 27.7 Å². The normalized spacial score (nSPS) is 43.0. The van der Waals surface area contributed by atoms with Crippen molar-refractivity contribution in [2.24, 2.45) is 0 Å². The molecule has 46 heteroatoms. The third-order valence-corrected chi connectivity index (χ3v) is 16.7. The second-order valence-corrected chi connectivity index (χ2v) is 24.7. The summed E-state index contributed by atoms with van der Waals surface area (Å²) in [5.41, 5.74) is 0. The van der Waals surface area contributed by atoms with E-state index in [1.165, 1.54) is 6.92 Å². The van der Waals surface area contributed by atoms with Crippen molar-refractivity contribution in [3.8, 4) is 0 Å². The minimum Gasteiger partial charge on any atom is -0.394 e. The summed E-state index contributed by atoms with van der Waals surface area (Å²) in [6.45, 7) is -4.12. The van der Waals surface area contributed by atoms with Gasteiger partial charge in [-0.15, -0.1) is 0 Å². The first-order valence-electron chi connectivity index (χ1n) is 28.7. The molecule has 0 spiro atoms. The van der Waals surface area contributed by atoms with Gasteiger partial charge in [-0.3, -0.25) is 23.5 Å². The molecule has 548 valence electrons. The van der Waals surface area contributed by atoms with E-state index < -0.39 is 293 Å². The highest BCUT2D eigenvalue weighted by Gasteiger charge is 2.59. The first kappa shape index (κ1) is 79.9. The Labute approximate surface area is 533 Å². The maximum absolute atomic E-state index is 13.2. The maximum atomic E-state index is 13.2. The predicted octanol–water partition coefficient (Wildman–Crippen LogP) is -15.5. The third-order valence-electron chi connectivity index (χ3n) is 15.8. The number of carbonyl (C=O) groups excluding carboxylic acids is 3. The minimum absolute atomic E-state index is 0.897. The molecule has 0 radical (unpaired) electrons. The van der Waals surface area contributed by atoms with Gasteiger partial charge in [0.05, 0.1) is 58.4 Å². The van der Waals surface area contributed by atoms with Gasteiger partial charge >= 0.3 is 20.8 Å². The molecule has 0 aromatic rings. The number of rotatable bonds is 29. The first-order chi connectivity index (χ1) is 43.9. The SMILES string of the molecule is CC(=O)N[C@H]1[C@H](OC[C@@H](O)[C@H](O)[C@H](O[C@@H]2O[C@H](CO)[C@H](O)[C@H](OS(=O)(=O)O)[C@H]2O)[C@H](CO)NC(C)=O)O[C@H](CO)[C@@H](O[C@@H]2O[C@H](CO)[C@H](O)[C@H](O[C@@H]3O[C@H](CO)[C@@H](O[C@@H]4O[C@@H](C)[C@@H](O)[C@@H](O)[C@@H]4O)[C@H](O[C@@H]4O[C@H](CO)[C@H](O)[C@H](OS(=O)(=O)O)[C@H]4O)[C@H]3NC(C)=O)[C@H]2O)[C@@H]1O. The van der Waals surface area contributed by atoms with Crippen LogP contribution in [0.5, 0.6) is 0 Å². The standard InChI is InChI=1S/C48H83N3O41S2/c1-12-25(62)31(68)32(69)45(80-12)88-38-22(10-57)85-44(24(51-15(4)60)39(38)89-48-35(72)42(92-94(76,77)78)29(66)20(8-55)83-48)90-40-27(64)18(6-53)81-46(33(40)70)87-37-21(9-56)84-43(23(30(37)67)50-14(3)59)79-11-17(61)26(63)36(16(5-52)49-13(2)58)86-47-34(71)41(91-93(73,74)75)28(65)19(7-54)82-47/h12,16-48,52-57,61-72H,5-11H2,1-4H3,(H,49,58)(H,50,59)(H,51,60)(H,73,74,75)(H,76,77,78)/t12-,16-,17+,18+,19+,20+,21+,22+,23+,24+,25+,26-,27-,28-,29-,30+,31+,32-,33+,34+,35+,36+,37+,38+,39+,40-,41-,42-,43+,44-,45-,46-,47-,48-/m0/s1. The molecule has 44 nitrogen and oxygen atoms in total. The summed E-state index contributed by atoms with van der Waals surface area (Å²) in [6.07, 6.45) is -66.0. The number of aliphatic hydroxyl groups excluding tert-OH is 18. The van der Waals surface area contributed by atoms with Crippen LogP contribution in [-0.2, 0) is 100 Å². The molecule has 0 aliphatic carbocycles. The molecular weight excluding hydrogens is 1340 g/mol. The molecule has 6 aliphatic heterocycles. The van der Waals surface area contributed by atoms with Gasteiger partial charge in [0.1, 0.15) is 159 Å². The molecule has 0 aromatic carbocycles. The second-order valence-electron chi connectivity index (χ2n) is 22.6. The molecule has 34 atom stereocenters. The Morgan fingerprint density at radius 2 is 0.840 bits per heavy atom. The second kappa shape index (κ2) is 34.3. The molecule has 3 amide bonds. The van der Waals surface area contributed by atoms with Crippen LogP contribution in [0, 0.1) is 0 Å². The van der Waals surface area contributed by atoms with Crippen LogP contribution in [0.4, 0.5) is 0 Å². The van der Waals surface area contributed by atoms with Gasteiger partial charge in [0.25, 0.3) is 0 Å². The number of nitrogens with one attached hydrogen (secondary N) is 3. The molecule has 6 fully saturated rings. The van der Waals surface area contributed by atoms with E-state index in [1.54, 1.807) is 0 Å². The van der Waals surface area contributed by atoms with Crippen molar-refractivity contribution in [2.45, 2.75) is 236 Å². The zero-order valence-electron chi connectivity index (χ0n) is 49.9. The Bertz CT molecular complexity index is 2650. The zero-order valence-corrected chi connectivity index (χ0v) is 51.5. The molecule has 6 aliphatic rings. The fourth-order valence-electron chi connectivity index (χ4n) is 11.1. The number of hydrogen-bond donors (Lipinski definition) is 23. The highest BCUT2D eigenvalue weighted by molar-refractivity contribution is 7.81. The van der Waals surface area contributed by atoms with Crippen molar-refractivity contribution in [1.82, 2.24) is 16.0 Å². The minimum atomic E-state index is -5.54. The Balaban J connectivity index is 1.28. The smallest absolute Gasteiger partial charge is 0.394 e. The summed E-state index contributed by atoms with van der Waals surface area (Å²) in [5, 5.41) is 204. The van der Waals surface area contributed by atoms with E-state index in [9.17, 15) is 132 Å². The van der Waals surface area contributed by atoms with Gasteiger partial charge in [-0.2, -0.15) is 16.8 Å². The van der Waals surface area contributed by atoms with Gasteiger partial charge < -0.3 is 165 Å². The van der Waals surface area contributed by atoms with Crippen molar-refractivity contribution >= 4 is 38.5 Å². The number of amides is 3. The highest BCUT2D eigenvalue weighted by atomic mass is 32.3. The molecule has 6 heterocycles. The molecular formula is C48H83N3O41S2. The largest absolute Gasteiger partial charge is 0.397 e. The van der Waals surface area contributed by atoms with Crippen LogP contribution in [-0.4, -0.2) is 390 Å². The van der Waals surface area contributed by atoms with Crippen molar-refractivity contribution < 1.29 is 197 Å². The van der Waals surface area contributed by atoms with Crippen LogP contribution in [0.2, 0.25) is 0 Å². The van der Waals surface area contributed by atoms with Gasteiger partial charge in [-0.05, 0) is 6.92 Å². The lowest BCUT2D eigenvalue weighted by atomic mass is 9.93. The highest BCUT2D eigenvalue weighted by Crippen LogP contribution is 2.38. The number of hydrogen-bond acceptors (Lipinski definition) is 39. The predicted molar refractivity (Wildman–Crippen MR) is 288 cm³/mol. The maximum Gasteiger partial charge on any atom is 0.397 e. The van der Waals surface area contributed by atoms with Gasteiger partial charge in [0.2, 0.25) is 17.7 Å². The fraction of sp³-hybridized carbons (Fsp3) is 0.938. The van der Waals surface area contributed by atoms with Crippen LogP contribution < -0.4 is 16.0 Å². The van der Waals surface area contributed by atoms with E-state index in [2.05, 4.69) is 24.3 Å². The van der Waals surface area contributed by atoms with E-state index in [0.717, 1.165) is 20.8 Å². The molecule has 6 rings (SSSR count). The molecule has 23 N–H and O–H groups in total. The van der Waals surface area contributed by atoms with Gasteiger partial charge in [-0.1, -0.05) is 0 Å². The van der Waals surface area contributed by atoms with E-state index >= 15 is 0 Å². The molecule has 6 saturated heterocycles. The fourth-order valence-corrected chi connectivity index (χ4v) is 12.1. The lowest BCUT2D eigenvalue weighted by molar-refractivity contribution is -0.390. The zero-order chi connectivity index (χ0) is 70.3. The topological polar surface area (TPSA) is 689 Å². The van der Waals surface area contributed by atoms with E-state index in [0.29, 0.717) is 0 Å². The lowest BCUT2D eigenvalue weighted by Gasteiger charge is -2.52. The van der Waals surface area contributed by atoms with E-state index in [-0.39, 0.29) is 0 Å². The van der Waals surface area contributed by atoms with Crippen LogP contribution in [0.25, 0.3) is 0 Å². The Morgan fingerprint density at radius 1 is 0.436 bits per heavy atom. The lowest BCUT2D eigenvalue weighted by Crippen LogP contribution is -2.71. The van der Waals surface area contributed by atoms with Crippen molar-refractivity contribution in [3.05, 3.63) is 0 Å². The van der Waals surface area contributed by atoms with Gasteiger partial charge in [-0.25, -0.2) is 8.37 Å². The molecule has 0 bridgehead atoms. The summed E-state index contributed by atoms with van der Waals surface area (Å²) in [6, 6.07) is -5.68. The summed E-state index contributed by atoms with van der Waals surface area (Å²) >= 11 is 0. The average Bonchev–Trinajstić information content (AvgIpc) is 0.771. The van der Waals surface area contributed by atoms with Crippen LogP contribution in [0.3, 0.4) is 0 Å². The van der Waals surface area contributed by atoms with Crippen LogP contribution in [0.15, 0.2) is 0 Å². The third kappa shape index (κ3) is 19.5. The summed E-state index contributed by atoms with van der Waals surface area (Å²) in [7, 11) is -11.0. The van der Waals surface area contributed by atoms with E-state index in [1.807, 2.05) is 0 Å². The molecule has 0 saturated carbocycles. The molecule has 0 aromatic heterocycles. The number of carbonyl (C=O) groups is 3.